The van der Waals surface area contributed by atoms with Crippen LogP contribution in [0.15, 0.2) is 74.1 Å². The van der Waals surface area contributed by atoms with E-state index in [2.05, 4.69) is 20.9 Å². The standard InChI is InChI=1S/C24H21BrN2O3S/c1-4-30-23(29)20-15(3)26-24-27(21(20)17-8-6-5-7-9-17)22(28)19(31-24)13-16-11-10-14(2)18(25)12-16/h5-13,21H,4H2,1-3H3/b19-13-/t21-/m0/s1. The first kappa shape index (κ1) is 21.5. The van der Waals surface area contributed by atoms with Crippen LogP contribution in [0.4, 0.5) is 0 Å². The van der Waals surface area contributed by atoms with Crippen LogP contribution in [0.3, 0.4) is 0 Å². The van der Waals surface area contributed by atoms with Crippen molar-refractivity contribution < 1.29 is 9.53 Å². The zero-order valence-electron chi connectivity index (χ0n) is 17.4. The topological polar surface area (TPSA) is 60.7 Å². The fourth-order valence-corrected chi connectivity index (χ4v) is 5.04. The van der Waals surface area contributed by atoms with E-state index in [-0.39, 0.29) is 12.2 Å². The summed E-state index contributed by atoms with van der Waals surface area (Å²) in [6.07, 6.45) is 1.86. The van der Waals surface area contributed by atoms with Gasteiger partial charge in [0.2, 0.25) is 0 Å². The van der Waals surface area contributed by atoms with Crippen LogP contribution in [0.1, 0.15) is 36.6 Å². The molecule has 1 aromatic heterocycles. The number of allylic oxidation sites excluding steroid dienone is 1. The van der Waals surface area contributed by atoms with E-state index >= 15 is 0 Å². The number of benzene rings is 2. The molecule has 0 aliphatic carbocycles. The number of esters is 1. The maximum Gasteiger partial charge on any atom is 0.338 e. The van der Waals surface area contributed by atoms with E-state index in [4.69, 9.17) is 4.74 Å². The lowest BCUT2D eigenvalue weighted by molar-refractivity contribution is -0.139. The Labute approximate surface area is 192 Å². The zero-order valence-corrected chi connectivity index (χ0v) is 19.8. The number of aryl methyl sites for hydroxylation is 1. The van der Waals surface area contributed by atoms with Gasteiger partial charge < -0.3 is 4.74 Å². The Morgan fingerprint density at radius 2 is 1.97 bits per heavy atom. The number of halogens is 1. The van der Waals surface area contributed by atoms with Crippen molar-refractivity contribution in [2.45, 2.75) is 26.8 Å². The summed E-state index contributed by atoms with van der Waals surface area (Å²) in [7, 11) is 0. The molecule has 0 N–H and O–H groups in total. The summed E-state index contributed by atoms with van der Waals surface area (Å²) < 4.78 is 8.46. The first-order valence-electron chi connectivity index (χ1n) is 9.91. The fraction of sp³-hybridized carbons (Fsp3) is 0.208. The molecule has 0 radical (unpaired) electrons. The SMILES string of the molecule is CCOC(=O)C1=C(C)N=c2s/c(=C\c3ccc(C)c(Br)c3)c(=O)n2[C@H]1c1ccccc1. The molecule has 0 amide bonds. The van der Waals surface area contributed by atoms with E-state index in [0.29, 0.717) is 20.6 Å². The molecule has 0 fully saturated rings. The van der Waals surface area contributed by atoms with Crippen molar-refractivity contribution in [2.75, 3.05) is 6.61 Å². The Morgan fingerprint density at radius 3 is 2.65 bits per heavy atom. The molecule has 0 saturated heterocycles. The smallest absolute Gasteiger partial charge is 0.338 e. The molecule has 3 aromatic rings. The number of carbonyl (C=O) groups excluding carboxylic acids is 1. The highest BCUT2D eigenvalue weighted by atomic mass is 79.9. The first-order chi connectivity index (χ1) is 14.9. The van der Waals surface area contributed by atoms with Gasteiger partial charge in [-0.15, -0.1) is 0 Å². The first-order valence-corrected chi connectivity index (χ1v) is 11.5. The number of rotatable bonds is 4. The van der Waals surface area contributed by atoms with E-state index in [1.165, 1.54) is 11.3 Å². The van der Waals surface area contributed by atoms with Gasteiger partial charge in [0.25, 0.3) is 5.56 Å². The van der Waals surface area contributed by atoms with Gasteiger partial charge in [0, 0.05) is 4.47 Å². The predicted molar refractivity (Wildman–Crippen MR) is 126 cm³/mol. The Balaban J connectivity index is 1.95. The Morgan fingerprint density at radius 1 is 1.23 bits per heavy atom. The van der Waals surface area contributed by atoms with Crippen molar-refractivity contribution in [1.29, 1.82) is 0 Å². The maximum atomic E-state index is 13.5. The van der Waals surface area contributed by atoms with Crippen LogP contribution in [-0.2, 0) is 9.53 Å². The number of ether oxygens (including phenoxy) is 1. The number of carbonyl (C=O) groups is 1. The van der Waals surface area contributed by atoms with Gasteiger partial charge in [0.1, 0.15) is 0 Å². The highest BCUT2D eigenvalue weighted by Crippen LogP contribution is 2.30. The van der Waals surface area contributed by atoms with Crippen LogP contribution < -0.4 is 14.9 Å². The Kier molecular flexibility index (Phi) is 6.07. The summed E-state index contributed by atoms with van der Waals surface area (Å²) in [5.74, 6) is -0.450. The minimum Gasteiger partial charge on any atom is -0.463 e. The van der Waals surface area contributed by atoms with Gasteiger partial charge in [-0.3, -0.25) is 9.36 Å². The molecular formula is C24H21BrN2O3S. The van der Waals surface area contributed by atoms with Gasteiger partial charge in [0.15, 0.2) is 4.80 Å². The lowest BCUT2D eigenvalue weighted by Gasteiger charge is -2.24. The highest BCUT2D eigenvalue weighted by Gasteiger charge is 2.33. The van der Waals surface area contributed by atoms with Gasteiger partial charge in [-0.2, -0.15) is 0 Å². The number of nitrogens with zero attached hydrogens (tertiary/aromatic N) is 2. The Bertz CT molecular complexity index is 1370. The van der Waals surface area contributed by atoms with Gasteiger partial charge in [-0.25, -0.2) is 9.79 Å². The molecule has 0 spiro atoms. The Hall–Kier alpha value is -2.77. The largest absolute Gasteiger partial charge is 0.463 e. The average molecular weight is 497 g/mol. The van der Waals surface area contributed by atoms with E-state index in [9.17, 15) is 9.59 Å². The molecule has 5 nitrogen and oxygen atoms in total. The van der Waals surface area contributed by atoms with Gasteiger partial charge in [-0.05, 0) is 49.6 Å². The van der Waals surface area contributed by atoms with Crippen LogP contribution in [0.5, 0.6) is 0 Å². The minimum atomic E-state index is -0.580. The highest BCUT2D eigenvalue weighted by molar-refractivity contribution is 9.10. The number of thiazole rings is 1. The summed E-state index contributed by atoms with van der Waals surface area (Å²) in [5, 5.41) is 0. The van der Waals surface area contributed by atoms with Gasteiger partial charge >= 0.3 is 5.97 Å². The normalized spacial score (nSPS) is 16.1. The molecule has 0 unspecified atom stereocenters. The van der Waals surface area contributed by atoms with Crippen LogP contribution in [0, 0.1) is 6.92 Å². The number of hydrogen-bond acceptors (Lipinski definition) is 5. The van der Waals surface area contributed by atoms with Crippen LogP contribution >= 0.6 is 27.3 Å². The molecule has 1 aliphatic rings. The van der Waals surface area contributed by atoms with Crippen LogP contribution in [0.25, 0.3) is 6.08 Å². The second-order valence-corrected chi connectivity index (χ2v) is 9.09. The van der Waals surface area contributed by atoms with Crippen molar-refractivity contribution in [3.8, 4) is 0 Å². The van der Waals surface area contributed by atoms with Crippen molar-refractivity contribution in [2.24, 2.45) is 4.99 Å². The number of fused-ring (bicyclic) bond motifs is 1. The van der Waals surface area contributed by atoms with E-state index in [0.717, 1.165) is 21.2 Å². The minimum absolute atomic E-state index is 0.177. The van der Waals surface area contributed by atoms with E-state index in [1.54, 1.807) is 18.4 Å². The second-order valence-electron chi connectivity index (χ2n) is 7.22. The maximum absolute atomic E-state index is 13.5. The van der Waals surface area contributed by atoms with Gasteiger partial charge in [0.05, 0.1) is 28.5 Å². The summed E-state index contributed by atoms with van der Waals surface area (Å²) in [5.41, 5.74) is 3.66. The van der Waals surface area contributed by atoms with Crippen molar-refractivity contribution >= 4 is 39.3 Å². The van der Waals surface area contributed by atoms with E-state index < -0.39 is 12.0 Å². The van der Waals surface area contributed by atoms with Crippen molar-refractivity contribution in [3.05, 3.63) is 101 Å². The summed E-state index contributed by atoms with van der Waals surface area (Å²) in [4.78, 5) is 31.5. The molecule has 1 aliphatic heterocycles. The number of aromatic nitrogens is 1. The van der Waals surface area contributed by atoms with Crippen LogP contribution in [-0.4, -0.2) is 17.1 Å². The van der Waals surface area contributed by atoms with Gasteiger partial charge in [-0.1, -0.05) is 69.7 Å². The molecule has 7 heteroatoms. The summed E-state index contributed by atoms with van der Waals surface area (Å²) >= 11 is 4.87. The monoisotopic (exact) mass is 496 g/mol. The zero-order chi connectivity index (χ0) is 22.1. The lowest BCUT2D eigenvalue weighted by Crippen LogP contribution is -2.39. The third kappa shape index (κ3) is 4.07. The molecule has 2 heterocycles. The summed E-state index contributed by atoms with van der Waals surface area (Å²) in [6.45, 7) is 5.82. The average Bonchev–Trinajstić information content (AvgIpc) is 3.05. The lowest BCUT2D eigenvalue weighted by atomic mass is 9.96. The predicted octanol–water partition coefficient (Wildman–Crippen LogP) is 3.87. The quantitative estimate of drug-likeness (QED) is 0.515. The molecule has 2 aromatic carbocycles. The third-order valence-electron chi connectivity index (χ3n) is 5.13. The van der Waals surface area contributed by atoms with Crippen molar-refractivity contribution in [1.82, 2.24) is 4.57 Å². The molecule has 0 saturated carbocycles. The molecule has 31 heavy (non-hydrogen) atoms. The molecule has 0 bridgehead atoms. The molecule has 4 rings (SSSR count). The summed E-state index contributed by atoms with van der Waals surface area (Å²) in [6, 6.07) is 14.9. The van der Waals surface area contributed by atoms with E-state index in [1.807, 2.05) is 61.5 Å². The molecular weight excluding hydrogens is 476 g/mol. The molecule has 1 atom stereocenters. The molecule has 158 valence electrons. The third-order valence-corrected chi connectivity index (χ3v) is 6.96. The number of hydrogen-bond donors (Lipinski definition) is 0. The van der Waals surface area contributed by atoms with Crippen LogP contribution in [0.2, 0.25) is 0 Å². The fourth-order valence-electron chi connectivity index (χ4n) is 3.59. The second kappa shape index (κ2) is 8.77. The van der Waals surface area contributed by atoms with Crippen molar-refractivity contribution in [3.63, 3.8) is 0 Å².